The molecule has 1 aromatic rings. The van der Waals surface area contributed by atoms with E-state index < -0.39 is 0 Å². The highest BCUT2D eigenvalue weighted by atomic mass is 16.5. The first-order valence-corrected chi connectivity index (χ1v) is 11.0. The Balaban J connectivity index is 2.36. The van der Waals surface area contributed by atoms with Crippen LogP contribution in [0.2, 0.25) is 0 Å². The molecule has 0 aromatic heterocycles. The maximum Gasteiger partial charge on any atom is 0.118 e. The van der Waals surface area contributed by atoms with E-state index >= 15 is 0 Å². The normalized spacial score (nSPS) is 11.6. The van der Waals surface area contributed by atoms with Crippen LogP contribution in [0.1, 0.15) is 75.0 Å². The Labute approximate surface area is 178 Å². The lowest BCUT2D eigenvalue weighted by Gasteiger charge is -2.08. The minimum atomic E-state index is 0.758. The molecule has 2 nitrogen and oxygen atoms in total. The molecule has 0 aliphatic carbocycles. The summed E-state index contributed by atoms with van der Waals surface area (Å²) in [6.07, 6.45) is 19.8. The third-order valence-electron chi connectivity index (χ3n) is 4.94. The molecule has 0 fully saturated rings. The van der Waals surface area contributed by atoms with Gasteiger partial charge in [-0.3, -0.25) is 0 Å². The molecule has 2 heteroatoms. The molecule has 0 radical (unpaired) electrons. The van der Waals surface area contributed by atoms with Crippen LogP contribution in [0.3, 0.4) is 0 Å². The Bertz CT molecular complexity index is 696. The number of unbranched alkanes of at least 4 members (excludes halogenated alkanes) is 6. The quantitative estimate of drug-likeness (QED) is 0.100. The monoisotopic (exact) mass is 393 g/mol. The van der Waals surface area contributed by atoms with Crippen LogP contribution >= 0.6 is 0 Å². The Kier molecular flexibility index (Phi) is 13.2. The predicted molar refractivity (Wildman–Crippen MR) is 128 cm³/mol. The molecule has 0 heterocycles. The molecule has 1 rings (SSSR count). The maximum atomic E-state index is 7.49. The van der Waals surface area contributed by atoms with Crippen molar-refractivity contribution in [1.82, 2.24) is 0 Å². The van der Waals surface area contributed by atoms with E-state index in [-0.39, 0.29) is 0 Å². The smallest absolute Gasteiger partial charge is 0.118 e. The minimum absolute atomic E-state index is 0.758. The molecule has 1 aromatic carbocycles. The fourth-order valence-corrected chi connectivity index (χ4v) is 3.18. The first-order valence-electron chi connectivity index (χ1n) is 11.0. The summed E-state index contributed by atoms with van der Waals surface area (Å²) in [5, 5.41) is 7.49. The molecular weight excluding hydrogens is 354 g/mol. The van der Waals surface area contributed by atoms with Gasteiger partial charge in [0.15, 0.2) is 0 Å². The number of allylic oxidation sites excluding steroid dienone is 5. The molecule has 0 saturated carbocycles. The second-order valence-corrected chi connectivity index (χ2v) is 7.64. The van der Waals surface area contributed by atoms with E-state index in [0.717, 1.165) is 48.3 Å². The summed E-state index contributed by atoms with van der Waals surface area (Å²) in [7, 11) is 0. The first-order chi connectivity index (χ1) is 14.1. The van der Waals surface area contributed by atoms with Gasteiger partial charge in [-0.15, -0.1) is 0 Å². The summed E-state index contributed by atoms with van der Waals surface area (Å²) in [6.45, 7) is 13.0. The first kappa shape index (κ1) is 24.7. The van der Waals surface area contributed by atoms with E-state index in [1.165, 1.54) is 50.3 Å². The second kappa shape index (κ2) is 15.6. The Morgan fingerprint density at radius 1 is 1.10 bits per heavy atom. The highest BCUT2D eigenvalue weighted by molar-refractivity contribution is 5.79. The molecular formula is C27H39NO. The number of rotatable bonds is 16. The summed E-state index contributed by atoms with van der Waals surface area (Å²) in [5.41, 5.74) is 4.45. The van der Waals surface area contributed by atoms with E-state index in [2.05, 4.69) is 44.4 Å². The van der Waals surface area contributed by atoms with Gasteiger partial charge in [0.25, 0.3) is 0 Å². The summed E-state index contributed by atoms with van der Waals surface area (Å²) >= 11 is 0. The lowest BCUT2D eigenvalue weighted by molar-refractivity contribution is 0.216. The van der Waals surface area contributed by atoms with Crippen LogP contribution in [0.4, 0.5) is 0 Å². The minimum Gasteiger partial charge on any atom is -0.494 e. The van der Waals surface area contributed by atoms with Crippen LogP contribution in [0.15, 0.2) is 67.0 Å². The average Bonchev–Trinajstić information content (AvgIpc) is 2.71. The van der Waals surface area contributed by atoms with Gasteiger partial charge in [-0.1, -0.05) is 88.5 Å². The molecule has 0 spiro atoms. The van der Waals surface area contributed by atoms with Crippen molar-refractivity contribution < 1.29 is 4.74 Å². The molecule has 0 unspecified atom stereocenters. The predicted octanol–water partition coefficient (Wildman–Crippen LogP) is 7.87. The number of hydrogen-bond donors (Lipinski definition) is 1. The summed E-state index contributed by atoms with van der Waals surface area (Å²) in [4.78, 5) is 0. The zero-order chi connectivity index (χ0) is 21.3. The topological polar surface area (TPSA) is 33.1 Å². The van der Waals surface area contributed by atoms with Crippen molar-refractivity contribution in [1.29, 1.82) is 5.41 Å². The van der Waals surface area contributed by atoms with E-state index in [4.69, 9.17) is 10.1 Å². The molecule has 1 N–H and O–H groups in total. The number of hydrogen-bond acceptors (Lipinski definition) is 2. The molecule has 0 aliphatic heterocycles. The molecule has 0 amide bonds. The van der Waals surface area contributed by atoms with Crippen molar-refractivity contribution in [2.75, 3.05) is 6.61 Å². The van der Waals surface area contributed by atoms with E-state index in [9.17, 15) is 0 Å². The van der Waals surface area contributed by atoms with E-state index in [1.54, 1.807) is 6.08 Å². The molecule has 29 heavy (non-hydrogen) atoms. The Hall–Kier alpha value is -2.35. The van der Waals surface area contributed by atoms with Gasteiger partial charge in [0, 0.05) is 6.21 Å². The van der Waals surface area contributed by atoms with Gasteiger partial charge in [0.05, 0.1) is 6.61 Å². The summed E-state index contributed by atoms with van der Waals surface area (Å²) in [5.74, 6) is 0.861. The van der Waals surface area contributed by atoms with E-state index in [1.807, 2.05) is 19.1 Å². The number of aryl methyl sites for hydroxylation is 1. The third kappa shape index (κ3) is 11.3. The van der Waals surface area contributed by atoms with E-state index in [0.29, 0.717) is 0 Å². The van der Waals surface area contributed by atoms with Crippen LogP contribution in [0, 0.1) is 12.3 Å². The van der Waals surface area contributed by atoms with Gasteiger partial charge in [0.2, 0.25) is 0 Å². The largest absolute Gasteiger partial charge is 0.494 e. The number of nitrogens with one attached hydrogen (secondary N) is 1. The van der Waals surface area contributed by atoms with Gasteiger partial charge < -0.3 is 10.1 Å². The van der Waals surface area contributed by atoms with Crippen LogP contribution in [-0.4, -0.2) is 12.8 Å². The Morgan fingerprint density at radius 3 is 2.52 bits per heavy atom. The number of benzene rings is 1. The van der Waals surface area contributed by atoms with Gasteiger partial charge in [-0.05, 0) is 61.1 Å². The molecule has 0 aliphatic rings. The SMILES string of the molecule is C=C/C=C(\C=C/CC(=C)Cc1ccc(C)c(C=N)c1)OCCCCCCCCC. The zero-order valence-electron chi connectivity index (χ0n) is 18.5. The van der Waals surface area contributed by atoms with Crippen LogP contribution in [-0.2, 0) is 11.2 Å². The standard InChI is InChI=1S/C27H39NO/c1-5-7-8-9-10-11-12-19-29-27(14-6-2)16-13-15-23(3)20-25-18-17-24(4)26(21-25)22-28/h6,13-14,16-18,21-22,28H,2-3,5,7-12,15,19-20H2,1,4H3/b16-13-,27-14+,28-22?. The van der Waals surface area contributed by atoms with Crippen molar-refractivity contribution in [2.45, 2.75) is 71.6 Å². The average molecular weight is 394 g/mol. The fraction of sp³-hybridized carbons (Fsp3) is 0.444. The Morgan fingerprint density at radius 2 is 1.83 bits per heavy atom. The summed E-state index contributed by atoms with van der Waals surface area (Å²) < 4.78 is 5.90. The van der Waals surface area contributed by atoms with Gasteiger partial charge in [0.1, 0.15) is 5.76 Å². The van der Waals surface area contributed by atoms with Crippen molar-refractivity contribution in [3.63, 3.8) is 0 Å². The lowest BCUT2D eigenvalue weighted by atomic mass is 9.99. The van der Waals surface area contributed by atoms with Gasteiger partial charge in [-0.2, -0.15) is 0 Å². The number of ether oxygens (including phenoxy) is 1. The molecule has 0 saturated heterocycles. The van der Waals surface area contributed by atoms with Gasteiger partial charge >= 0.3 is 0 Å². The van der Waals surface area contributed by atoms with Crippen LogP contribution in [0.5, 0.6) is 0 Å². The highest BCUT2D eigenvalue weighted by Gasteiger charge is 2.01. The van der Waals surface area contributed by atoms with Crippen molar-refractivity contribution in [3.05, 3.63) is 83.7 Å². The lowest BCUT2D eigenvalue weighted by Crippen LogP contribution is -1.95. The third-order valence-corrected chi connectivity index (χ3v) is 4.94. The summed E-state index contributed by atoms with van der Waals surface area (Å²) in [6, 6.07) is 6.26. The van der Waals surface area contributed by atoms with Crippen LogP contribution < -0.4 is 0 Å². The highest BCUT2D eigenvalue weighted by Crippen LogP contribution is 2.15. The molecule has 158 valence electrons. The maximum absolute atomic E-state index is 7.49. The molecule has 0 bridgehead atoms. The van der Waals surface area contributed by atoms with Crippen molar-refractivity contribution >= 4 is 6.21 Å². The van der Waals surface area contributed by atoms with Crippen molar-refractivity contribution in [2.24, 2.45) is 0 Å². The second-order valence-electron chi connectivity index (χ2n) is 7.64. The fourth-order valence-electron chi connectivity index (χ4n) is 3.18. The van der Waals surface area contributed by atoms with Crippen molar-refractivity contribution in [3.8, 4) is 0 Å². The zero-order valence-corrected chi connectivity index (χ0v) is 18.5. The van der Waals surface area contributed by atoms with Crippen LogP contribution in [0.25, 0.3) is 0 Å². The molecule has 0 atom stereocenters. The van der Waals surface area contributed by atoms with Gasteiger partial charge in [-0.25, -0.2) is 0 Å².